The summed E-state index contributed by atoms with van der Waals surface area (Å²) in [6, 6.07) is 14.1. The van der Waals surface area contributed by atoms with Gasteiger partial charge in [-0.3, -0.25) is 0 Å². The molecule has 2 aromatic carbocycles. The first-order valence-corrected chi connectivity index (χ1v) is 5.25. The summed E-state index contributed by atoms with van der Waals surface area (Å²) in [5.41, 5.74) is 0.109. The molecule has 0 bridgehead atoms. The molecular formula is C14H9NaO4. The second-order valence-electron chi connectivity index (χ2n) is 3.57. The Labute approximate surface area is 132 Å². The van der Waals surface area contributed by atoms with E-state index in [4.69, 9.17) is 4.74 Å². The molecule has 19 heavy (non-hydrogen) atoms. The van der Waals surface area contributed by atoms with Gasteiger partial charge in [0.15, 0.2) is 0 Å². The summed E-state index contributed by atoms with van der Waals surface area (Å²) in [6.45, 7) is 0. The number of hydrogen-bond acceptors (Lipinski definition) is 4. The van der Waals surface area contributed by atoms with Crippen LogP contribution < -0.4 is 39.4 Å². The van der Waals surface area contributed by atoms with E-state index in [1.165, 1.54) is 24.3 Å². The van der Waals surface area contributed by atoms with Gasteiger partial charge >= 0.3 is 35.5 Å². The van der Waals surface area contributed by atoms with Crippen LogP contribution in [0.4, 0.5) is 0 Å². The number of rotatable bonds is 3. The topological polar surface area (TPSA) is 66.4 Å². The molecule has 0 aliphatic rings. The van der Waals surface area contributed by atoms with Crippen LogP contribution in [0.5, 0.6) is 5.75 Å². The normalized spacial score (nSPS) is 9.26. The van der Waals surface area contributed by atoms with Crippen LogP contribution >= 0.6 is 0 Å². The average molecular weight is 264 g/mol. The van der Waals surface area contributed by atoms with Gasteiger partial charge in [0, 0.05) is 0 Å². The number of aromatic carboxylic acids is 1. The first-order valence-electron chi connectivity index (χ1n) is 5.25. The summed E-state index contributed by atoms with van der Waals surface area (Å²) in [7, 11) is 0. The Bertz CT molecular complexity index is 581. The molecule has 0 saturated carbocycles. The molecule has 0 N–H and O–H groups in total. The Morgan fingerprint density at radius 1 is 0.895 bits per heavy atom. The molecule has 0 atom stereocenters. The molecule has 2 rings (SSSR count). The van der Waals surface area contributed by atoms with Crippen LogP contribution in [0.1, 0.15) is 20.7 Å². The number of carboxylic acids is 1. The number of carboxylic acid groups (broad SMARTS) is 1. The summed E-state index contributed by atoms with van der Waals surface area (Å²) < 4.78 is 5.08. The molecular weight excluding hydrogens is 255 g/mol. The number of ether oxygens (including phenoxy) is 1. The maximum Gasteiger partial charge on any atom is 1.00 e. The molecule has 0 amide bonds. The number of para-hydroxylation sites is 1. The molecule has 0 aliphatic heterocycles. The molecule has 0 heterocycles. The smallest absolute Gasteiger partial charge is 0.545 e. The van der Waals surface area contributed by atoms with E-state index in [0.717, 1.165) is 0 Å². The van der Waals surface area contributed by atoms with Crippen LogP contribution in [0.15, 0.2) is 54.6 Å². The zero-order chi connectivity index (χ0) is 13.0. The molecule has 0 radical (unpaired) electrons. The maximum atomic E-state index is 11.8. The van der Waals surface area contributed by atoms with E-state index in [2.05, 4.69) is 0 Å². The van der Waals surface area contributed by atoms with Gasteiger partial charge in [-0.25, -0.2) is 4.79 Å². The van der Waals surface area contributed by atoms with Crippen LogP contribution in [0.2, 0.25) is 0 Å². The van der Waals surface area contributed by atoms with Gasteiger partial charge in [-0.05, 0) is 29.8 Å². The van der Waals surface area contributed by atoms with Gasteiger partial charge in [-0.2, -0.15) is 0 Å². The molecule has 5 heteroatoms. The Balaban J connectivity index is 0.00000180. The predicted molar refractivity (Wildman–Crippen MR) is 62.2 cm³/mol. The second kappa shape index (κ2) is 7.09. The van der Waals surface area contributed by atoms with Crippen molar-refractivity contribution >= 4 is 11.9 Å². The first kappa shape index (κ1) is 15.4. The zero-order valence-corrected chi connectivity index (χ0v) is 12.3. The van der Waals surface area contributed by atoms with Crippen LogP contribution in [-0.2, 0) is 0 Å². The minimum Gasteiger partial charge on any atom is -0.545 e. The molecule has 90 valence electrons. The van der Waals surface area contributed by atoms with Crippen LogP contribution in [0, 0.1) is 0 Å². The monoisotopic (exact) mass is 264 g/mol. The van der Waals surface area contributed by atoms with Gasteiger partial charge in [0.1, 0.15) is 5.75 Å². The van der Waals surface area contributed by atoms with Crippen molar-refractivity contribution in [3.05, 3.63) is 65.7 Å². The quantitative estimate of drug-likeness (QED) is 0.375. The van der Waals surface area contributed by atoms with Gasteiger partial charge in [0.25, 0.3) is 0 Å². The van der Waals surface area contributed by atoms with Crippen LogP contribution in [-0.4, -0.2) is 11.9 Å². The molecule has 0 unspecified atom stereocenters. The van der Waals surface area contributed by atoms with Crippen molar-refractivity contribution in [1.29, 1.82) is 0 Å². The summed E-state index contributed by atoms with van der Waals surface area (Å²) in [6.07, 6.45) is 0. The fourth-order valence-electron chi connectivity index (χ4n) is 1.43. The molecule has 2 aromatic rings. The SMILES string of the molecule is O=C([O-])c1cccc(C(=O)Oc2ccccc2)c1.[Na+]. The number of esters is 1. The Morgan fingerprint density at radius 3 is 2.16 bits per heavy atom. The third kappa shape index (κ3) is 4.21. The Kier molecular flexibility index (Phi) is 5.76. The summed E-state index contributed by atoms with van der Waals surface area (Å²) in [5.74, 6) is -1.53. The van der Waals surface area contributed by atoms with Gasteiger partial charge in [-0.15, -0.1) is 0 Å². The fourth-order valence-corrected chi connectivity index (χ4v) is 1.43. The van der Waals surface area contributed by atoms with Gasteiger partial charge < -0.3 is 14.6 Å². The summed E-state index contributed by atoms with van der Waals surface area (Å²) in [5, 5.41) is 10.7. The van der Waals surface area contributed by atoms with Crippen molar-refractivity contribution in [2.24, 2.45) is 0 Å². The Morgan fingerprint density at radius 2 is 1.53 bits per heavy atom. The minimum absolute atomic E-state index is 0. The van der Waals surface area contributed by atoms with Crippen LogP contribution in [0.3, 0.4) is 0 Å². The summed E-state index contributed by atoms with van der Waals surface area (Å²) >= 11 is 0. The molecule has 0 aromatic heterocycles. The third-order valence-electron chi connectivity index (χ3n) is 2.29. The fraction of sp³-hybridized carbons (Fsp3) is 0. The number of carbonyl (C=O) groups excluding carboxylic acids is 2. The molecule has 0 aliphatic carbocycles. The van der Waals surface area contributed by atoms with Crippen LogP contribution in [0.25, 0.3) is 0 Å². The van der Waals surface area contributed by atoms with E-state index in [0.29, 0.717) is 5.75 Å². The van der Waals surface area contributed by atoms with Gasteiger partial charge in [-0.1, -0.05) is 30.3 Å². The van der Waals surface area contributed by atoms with Crippen molar-refractivity contribution in [3.8, 4) is 5.75 Å². The van der Waals surface area contributed by atoms with Crippen molar-refractivity contribution in [3.63, 3.8) is 0 Å². The molecule has 4 nitrogen and oxygen atoms in total. The van der Waals surface area contributed by atoms with E-state index in [9.17, 15) is 14.7 Å². The van der Waals surface area contributed by atoms with Crippen molar-refractivity contribution in [1.82, 2.24) is 0 Å². The number of benzene rings is 2. The van der Waals surface area contributed by atoms with Gasteiger partial charge in [0.2, 0.25) is 0 Å². The minimum atomic E-state index is -1.33. The van der Waals surface area contributed by atoms with E-state index in [1.54, 1.807) is 30.3 Å². The molecule has 0 fully saturated rings. The maximum absolute atomic E-state index is 11.8. The van der Waals surface area contributed by atoms with Crippen molar-refractivity contribution in [2.45, 2.75) is 0 Å². The average Bonchev–Trinajstić information content (AvgIpc) is 2.40. The van der Waals surface area contributed by atoms with E-state index in [1.807, 2.05) is 0 Å². The van der Waals surface area contributed by atoms with Gasteiger partial charge in [0.05, 0.1) is 11.5 Å². The van der Waals surface area contributed by atoms with E-state index in [-0.39, 0.29) is 40.7 Å². The number of hydrogen-bond donors (Lipinski definition) is 0. The number of carbonyl (C=O) groups is 2. The Hall–Kier alpha value is -1.62. The third-order valence-corrected chi connectivity index (χ3v) is 2.29. The molecule has 0 saturated heterocycles. The van der Waals surface area contributed by atoms with E-state index >= 15 is 0 Å². The first-order chi connectivity index (χ1) is 8.66. The van der Waals surface area contributed by atoms with Crippen molar-refractivity contribution in [2.75, 3.05) is 0 Å². The predicted octanol–water partition coefficient (Wildman–Crippen LogP) is -1.73. The summed E-state index contributed by atoms with van der Waals surface area (Å²) in [4.78, 5) is 22.4. The zero-order valence-electron chi connectivity index (χ0n) is 10.3. The van der Waals surface area contributed by atoms with E-state index < -0.39 is 11.9 Å². The second-order valence-corrected chi connectivity index (χ2v) is 3.57. The standard InChI is InChI=1S/C14H10O4.Na/c15-13(16)10-5-4-6-11(9-10)14(17)18-12-7-2-1-3-8-12;/h1-9H,(H,15,16);/q;+1/p-1. The largest absolute Gasteiger partial charge is 1.00 e. The molecule has 0 spiro atoms. The van der Waals surface area contributed by atoms with Crippen molar-refractivity contribution < 1.29 is 49.0 Å².